The van der Waals surface area contributed by atoms with Gasteiger partial charge in [-0.1, -0.05) is 26.2 Å². The Hall–Kier alpha value is -0.120. The van der Waals surface area contributed by atoms with Crippen molar-refractivity contribution in [1.29, 1.82) is 0 Å². The molecule has 3 heteroatoms. The quantitative estimate of drug-likeness (QED) is 0.639. The third-order valence-electron chi connectivity index (χ3n) is 3.30. The Labute approximate surface area is 86.1 Å². The molecule has 0 bridgehead atoms. The second-order valence-corrected chi connectivity index (χ2v) is 4.28. The van der Waals surface area contributed by atoms with Crippen molar-refractivity contribution in [2.45, 2.75) is 45.1 Å². The van der Waals surface area contributed by atoms with Crippen LogP contribution in [0.15, 0.2) is 0 Å². The molecular formula is C11H22O3. The summed E-state index contributed by atoms with van der Waals surface area (Å²) in [5.41, 5.74) is -0.367. The summed E-state index contributed by atoms with van der Waals surface area (Å²) in [5.74, 6) is 0. The van der Waals surface area contributed by atoms with Crippen molar-refractivity contribution in [3.05, 3.63) is 0 Å². The lowest BCUT2D eigenvalue weighted by molar-refractivity contribution is -0.0237. The van der Waals surface area contributed by atoms with Gasteiger partial charge >= 0.3 is 0 Å². The molecule has 14 heavy (non-hydrogen) atoms. The minimum atomic E-state index is -0.367. The van der Waals surface area contributed by atoms with Crippen LogP contribution in [0.1, 0.15) is 39.0 Å². The fraction of sp³-hybridized carbons (Fsp3) is 1.00. The Bertz CT molecular complexity index is 155. The first-order valence-corrected chi connectivity index (χ1v) is 5.62. The molecule has 0 saturated carbocycles. The molecule has 1 unspecified atom stereocenters. The molecule has 1 rings (SSSR count). The molecule has 0 radical (unpaired) electrons. The van der Waals surface area contributed by atoms with Gasteiger partial charge in [-0.25, -0.2) is 0 Å². The van der Waals surface area contributed by atoms with Crippen molar-refractivity contribution in [2.75, 3.05) is 19.8 Å². The van der Waals surface area contributed by atoms with Gasteiger partial charge in [0.05, 0.1) is 19.3 Å². The zero-order valence-corrected chi connectivity index (χ0v) is 9.04. The Morgan fingerprint density at radius 1 is 1.29 bits per heavy atom. The molecule has 0 spiro atoms. The van der Waals surface area contributed by atoms with E-state index in [4.69, 9.17) is 4.74 Å². The lowest BCUT2D eigenvalue weighted by atomic mass is 9.80. The van der Waals surface area contributed by atoms with Crippen molar-refractivity contribution >= 4 is 0 Å². The molecule has 1 aliphatic rings. The van der Waals surface area contributed by atoms with Crippen LogP contribution in [0.5, 0.6) is 0 Å². The van der Waals surface area contributed by atoms with Crippen molar-refractivity contribution in [1.82, 2.24) is 0 Å². The van der Waals surface area contributed by atoms with E-state index in [2.05, 4.69) is 6.92 Å². The number of aliphatic hydroxyl groups is 2. The van der Waals surface area contributed by atoms with E-state index in [0.29, 0.717) is 6.61 Å². The average Bonchev–Trinajstić information content (AvgIpc) is 2.62. The summed E-state index contributed by atoms with van der Waals surface area (Å²) < 4.78 is 5.58. The topological polar surface area (TPSA) is 49.7 Å². The summed E-state index contributed by atoms with van der Waals surface area (Å²) in [7, 11) is 0. The van der Waals surface area contributed by atoms with E-state index in [9.17, 15) is 10.2 Å². The zero-order chi connectivity index (χ0) is 10.4. The van der Waals surface area contributed by atoms with Crippen LogP contribution >= 0.6 is 0 Å². The molecule has 1 heterocycles. The number of hydrogen-bond acceptors (Lipinski definition) is 3. The minimum Gasteiger partial charge on any atom is -0.396 e. The fourth-order valence-corrected chi connectivity index (χ4v) is 2.12. The molecule has 84 valence electrons. The van der Waals surface area contributed by atoms with E-state index in [1.807, 2.05) is 0 Å². The Balaban J connectivity index is 2.41. The molecule has 1 saturated heterocycles. The van der Waals surface area contributed by atoms with Crippen molar-refractivity contribution in [3.63, 3.8) is 0 Å². The van der Waals surface area contributed by atoms with Gasteiger partial charge < -0.3 is 14.9 Å². The van der Waals surface area contributed by atoms with Crippen molar-refractivity contribution < 1.29 is 14.9 Å². The van der Waals surface area contributed by atoms with E-state index in [-0.39, 0.29) is 24.7 Å². The summed E-state index contributed by atoms with van der Waals surface area (Å²) in [6.45, 7) is 2.93. The molecule has 0 aromatic heterocycles. The molecule has 0 aromatic rings. The van der Waals surface area contributed by atoms with Gasteiger partial charge in [0.1, 0.15) is 0 Å². The number of aliphatic hydroxyl groups excluding tert-OH is 2. The summed E-state index contributed by atoms with van der Waals surface area (Å²) in [5, 5.41) is 18.6. The summed E-state index contributed by atoms with van der Waals surface area (Å²) in [6, 6.07) is 0. The average molecular weight is 202 g/mol. The highest BCUT2D eigenvalue weighted by Crippen LogP contribution is 2.36. The predicted molar refractivity (Wildman–Crippen MR) is 55.1 cm³/mol. The normalized spacial score (nSPS) is 25.5. The van der Waals surface area contributed by atoms with E-state index in [0.717, 1.165) is 19.3 Å². The van der Waals surface area contributed by atoms with Crippen LogP contribution < -0.4 is 0 Å². The maximum Gasteiger partial charge on any atom is 0.0676 e. The van der Waals surface area contributed by atoms with Crippen molar-refractivity contribution in [2.24, 2.45) is 5.41 Å². The maximum absolute atomic E-state index is 9.30. The van der Waals surface area contributed by atoms with Gasteiger partial charge in [0.15, 0.2) is 0 Å². The molecule has 1 atom stereocenters. The number of ether oxygens (including phenoxy) is 1. The fourth-order valence-electron chi connectivity index (χ4n) is 2.12. The lowest BCUT2D eigenvalue weighted by Gasteiger charge is -2.29. The van der Waals surface area contributed by atoms with E-state index >= 15 is 0 Å². The Morgan fingerprint density at radius 3 is 2.57 bits per heavy atom. The van der Waals surface area contributed by atoms with Crippen LogP contribution in [0.4, 0.5) is 0 Å². The first-order valence-electron chi connectivity index (χ1n) is 5.62. The summed E-state index contributed by atoms with van der Waals surface area (Å²) >= 11 is 0. The molecule has 2 N–H and O–H groups in total. The Kier molecular flexibility index (Phi) is 4.85. The second kappa shape index (κ2) is 5.69. The third-order valence-corrected chi connectivity index (χ3v) is 3.30. The summed E-state index contributed by atoms with van der Waals surface area (Å²) in [6.07, 6.45) is 5.34. The molecule has 1 aliphatic heterocycles. The van der Waals surface area contributed by atoms with Gasteiger partial charge in [-0.3, -0.25) is 0 Å². The molecular weight excluding hydrogens is 180 g/mol. The van der Waals surface area contributed by atoms with Crippen molar-refractivity contribution in [3.8, 4) is 0 Å². The molecule has 0 amide bonds. The van der Waals surface area contributed by atoms with E-state index in [1.165, 1.54) is 12.8 Å². The predicted octanol–water partition coefficient (Wildman–Crippen LogP) is 1.33. The molecule has 0 aliphatic carbocycles. The Morgan fingerprint density at radius 2 is 2.00 bits per heavy atom. The molecule has 1 fully saturated rings. The van der Waals surface area contributed by atoms with Crippen LogP contribution in [0.3, 0.4) is 0 Å². The third kappa shape index (κ3) is 2.47. The first kappa shape index (κ1) is 12.0. The van der Waals surface area contributed by atoms with E-state index in [1.54, 1.807) is 0 Å². The largest absolute Gasteiger partial charge is 0.396 e. The van der Waals surface area contributed by atoms with E-state index < -0.39 is 0 Å². The molecule has 0 aromatic carbocycles. The minimum absolute atomic E-state index is 0.0420. The van der Waals surface area contributed by atoms with Crippen LogP contribution in [0.25, 0.3) is 0 Å². The lowest BCUT2D eigenvalue weighted by Crippen LogP contribution is -2.38. The first-order chi connectivity index (χ1) is 6.79. The molecule has 3 nitrogen and oxygen atoms in total. The van der Waals surface area contributed by atoms with Gasteiger partial charge in [0.2, 0.25) is 0 Å². The van der Waals surface area contributed by atoms with Gasteiger partial charge in [-0.05, 0) is 12.8 Å². The highest BCUT2D eigenvalue weighted by molar-refractivity contribution is 4.90. The number of unbranched alkanes of at least 4 members (excludes halogenated alkanes) is 2. The highest BCUT2D eigenvalue weighted by Gasteiger charge is 2.42. The van der Waals surface area contributed by atoms with Gasteiger partial charge in [0.25, 0.3) is 0 Å². The van der Waals surface area contributed by atoms with Gasteiger partial charge in [-0.15, -0.1) is 0 Å². The monoisotopic (exact) mass is 202 g/mol. The van der Waals surface area contributed by atoms with Crippen LogP contribution in [-0.4, -0.2) is 36.1 Å². The van der Waals surface area contributed by atoms with Crippen LogP contribution in [0, 0.1) is 5.41 Å². The number of rotatable bonds is 6. The maximum atomic E-state index is 9.30. The van der Waals surface area contributed by atoms with Crippen LogP contribution in [-0.2, 0) is 4.74 Å². The highest BCUT2D eigenvalue weighted by atomic mass is 16.5. The SMILES string of the molecule is CCCCCC1OCCC1(CO)CO. The number of hydrogen-bond donors (Lipinski definition) is 2. The summed E-state index contributed by atoms with van der Waals surface area (Å²) in [4.78, 5) is 0. The van der Waals surface area contributed by atoms with Gasteiger partial charge in [-0.2, -0.15) is 0 Å². The smallest absolute Gasteiger partial charge is 0.0676 e. The van der Waals surface area contributed by atoms with Gasteiger partial charge in [0, 0.05) is 12.0 Å². The second-order valence-electron chi connectivity index (χ2n) is 4.28. The van der Waals surface area contributed by atoms with Crippen LogP contribution in [0.2, 0.25) is 0 Å². The standard InChI is InChI=1S/C11H22O3/c1-2-3-4-5-10-11(8-12,9-13)6-7-14-10/h10,12-13H,2-9H2,1H3. The zero-order valence-electron chi connectivity index (χ0n) is 9.04.